The molecule has 1 unspecified atom stereocenters. The number of carbonyl (C=O) groups is 1. The Balaban J connectivity index is 2.13. The second kappa shape index (κ2) is 5.72. The van der Waals surface area contributed by atoms with E-state index in [-0.39, 0.29) is 0 Å². The maximum absolute atomic E-state index is 10.9. The van der Waals surface area contributed by atoms with Gasteiger partial charge in [0.15, 0.2) is 0 Å². The fourth-order valence-electron chi connectivity index (χ4n) is 1.38. The van der Waals surface area contributed by atoms with Crippen LogP contribution in [0, 0.1) is 0 Å². The molecule has 1 aliphatic heterocycles. The zero-order valence-electron chi connectivity index (χ0n) is 9.07. The van der Waals surface area contributed by atoms with E-state index in [1.54, 1.807) is 0 Å². The SMILES string of the molecule is CCC(N)(CCCSC1COC1)C(=O)O. The minimum absolute atomic E-state index is 0.486. The molecule has 1 fully saturated rings. The summed E-state index contributed by atoms with van der Waals surface area (Å²) in [5, 5.41) is 9.56. The second-order valence-corrected chi connectivity index (χ2v) is 5.36. The van der Waals surface area contributed by atoms with Gasteiger partial charge in [-0.2, -0.15) is 11.8 Å². The van der Waals surface area contributed by atoms with Gasteiger partial charge in [0.25, 0.3) is 0 Å². The zero-order chi connectivity index (χ0) is 11.3. The molecule has 1 atom stereocenters. The first-order chi connectivity index (χ1) is 7.08. The average molecular weight is 233 g/mol. The van der Waals surface area contributed by atoms with Crippen LogP contribution in [0.15, 0.2) is 0 Å². The van der Waals surface area contributed by atoms with Gasteiger partial charge >= 0.3 is 5.97 Å². The molecule has 1 aliphatic rings. The van der Waals surface area contributed by atoms with E-state index >= 15 is 0 Å². The van der Waals surface area contributed by atoms with Crippen LogP contribution in [0.2, 0.25) is 0 Å². The molecule has 0 bridgehead atoms. The minimum Gasteiger partial charge on any atom is -0.480 e. The summed E-state index contributed by atoms with van der Waals surface area (Å²) in [6.45, 7) is 3.50. The topological polar surface area (TPSA) is 72.5 Å². The van der Waals surface area contributed by atoms with Crippen LogP contribution in [0.3, 0.4) is 0 Å². The van der Waals surface area contributed by atoms with Gasteiger partial charge in [-0.05, 0) is 25.0 Å². The first-order valence-corrected chi connectivity index (χ1v) is 6.35. The predicted octanol–water partition coefficient (Wildman–Crippen LogP) is 1.09. The lowest BCUT2D eigenvalue weighted by molar-refractivity contribution is -0.143. The van der Waals surface area contributed by atoms with Crippen LogP contribution in [-0.4, -0.2) is 40.8 Å². The first kappa shape index (κ1) is 12.8. The predicted molar refractivity (Wildman–Crippen MR) is 61.1 cm³/mol. The summed E-state index contributed by atoms with van der Waals surface area (Å²) in [6, 6.07) is 0. The average Bonchev–Trinajstić information content (AvgIpc) is 2.14. The third-order valence-electron chi connectivity index (χ3n) is 2.79. The summed E-state index contributed by atoms with van der Waals surface area (Å²) >= 11 is 1.85. The van der Waals surface area contributed by atoms with Crippen molar-refractivity contribution in [2.45, 2.75) is 37.0 Å². The monoisotopic (exact) mass is 233 g/mol. The van der Waals surface area contributed by atoms with Crippen LogP contribution >= 0.6 is 11.8 Å². The highest BCUT2D eigenvalue weighted by atomic mass is 32.2. The Bertz CT molecular complexity index is 221. The molecule has 0 aliphatic carbocycles. The normalized spacial score (nSPS) is 20.7. The molecule has 5 heteroatoms. The number of ether oxygens (including phenoxy) is 1. The summed E-state index contributed by atoms with van der Waals surface area (Å²) in [6.07, 6.45) is 1.90. The van der Waals surface area contributed by atoms with Crippen LogP contribution < -0.4 is 5.73 Å². The number of thioether (sulfide) groups is 1. The smallest absolute Gasteiger partial charge is 0.323 e. The van der Waals surface area contributed by atoms with E-state index in [1.165, 1.54) is 0 Å². The van der Waals surface area contributed by atoms with Gasteiger partial charge in [0.1, 0.15) is 5.54 Å². The Hall–Kier alpha value is -0.260. The van der Waals surface area contributed by atoms with E-state index in [4.69, 9.17) is 15.6 Å². The molecule has 0 spiro atoms. The van der Waals surface area contributed by atoms with Gasteiger partial charge in [-0.3, -0.25) is 4.79 Å². The largest absolute Gasteiger partial charge is 0.480 e. The Morgan fingerprint density at radius 3 is 2.73 bits per heavy atom. The molecule has 4 nitrogen and oxygen atoms in total. The highest BCUT2D eigenvalue weighted by molar-refractivity contribution is 8.00. The molecule has 0 aromatic heterocycles. The standard InChI is InChI=1S/C10H19NO3S/c1-2-10(11,9(12)13)4-3-5-15-8-6-14-7-8/h8H,2-7,11H2,1H3,(H,12,13). The molecular weight excluding hydrogens is 214 g/mol. The number of aliphatic carboxylic acids is 1. The van der Waals surface area contributed by atoms with Crippen LogP contribution in [0.4, 0.5) is 0 Å². The van der Waals surface area contributed by atoms with Gasteiger partial charge < -0.3 is 15.6 Å². The molecule has 0 aromatic rings. The molecular formula is C10H19NO3S. The Labute approximate surface area is 94.6 Å². The molecule has 0 amide bonds. The van der Waals surface area contributed by atoms with Gasteiger partial charge in [0.05, 0.1) is 18.5 Å². The van der Waals surface area contributed by atoms with Gasteiger partial charge in [-0.25, -0.2) is 0 Å². The van der Waals surface area contributed by atoms with Crippen molar-refractivity contribution in [1.82, 2.24) is 0 Å². The van der Waals surface area contributed by atoms with Crippen molar-refractivity contribution in [3.8, 4) is 0 Å². The molecule has 0 aromatic carbocycles. The van der Waals surface area contributed by atoms with Crippen LogP contribution in [0.25, 0.3) is 0 Å². The molecule has 1 rings (SSSR count). The van der Waals surface area contributed by atoms with Crippen molar-refractivity contribution in [1.29, 1.82) is 0 Å². The number of hydrogen-bond donors (Lipinski definition) is 2. The van der Waals surface area contributed by atoms with Gasteiger partial charge in [-0.1, -0.05) is 6.92 Å². The van der Waals surface area contributed by atoms with Crippen molar-refractivity contribution in [2.75, 3.05) is 19.0 Å². The molecule has 1 heterocycles. The van der Waals surface area contributed by atoms with Crippen molar-refractivity contribution in [2.24, 2.45) is 5.73 Å². The summed E-state index contributed by atoms with van der Waals surface area (Å²) in [5.74, 6) is 0.0854. The third-order valence-corrected chi connectivity index (χ3v) is 4.05. The van der Waals surface area contributed by atoms with Gasteiger partial charge in [0.2, 0.25) is 0 Å². The maximum Gasteiger partial charge on any atom is 0.323 e. The van der Waals surface area contributed by atoms with E-state index in [2.05, 4.69) is 0 Å². The van der Waals surface area contributed by atoms with Crippen LogP contribution in [-0.2, 0) is 9.53 Å². The first-order valence-electron chi connectivity index (χ1n) is 5.30. The van der Waals surface area contributed by atoms with E-state index in [1.807, 2.05) is 18.7 Å². The number of hydrogen-bond acceptors (Lipinski definition) is 4. The Morgan fingerprint density at radius 1 is 1.67 bits per heavy atom. The summed E-state index contributed by atoms with van der Waals surface area (Å²) < 4.78 is 5.05. The molecule has 15 heavy (non-hydrogen) atoms. The number of nitrogens with two attached hydrogens (primary N) is 1. The summed E-state index contributed by atoms with van der Waals surface area (Å²) in [5.41, 5.74) is 4.74. The maximum atomic E-state index is 10.9. The van der Waals surface area contributed by atoms with E-state index < -0.39 is 11.5 Å². The minimum atomic E-state index is -1.03. The second-order valence-electron chi connectivity index (χ2n) is 3.95. The third kappa shape index (κ3) is 3.66. The Kier molecular flexibility index (Phi) is 4.89. The lowest BCUT2D eigenvalue weighted by atomic mass is 9.92. The fraction of sp³-hybridized carbons (Fsp3) is 0.900. The number of rotatable bonds is 7. The van der Waals surface area contributed by atoms with E-state index in [9.17, 15) is 4.79 Å². The van der Waals surface area contributed by atoms with Crippen molar-refractivity contribution < 1.29 is 14.6 Å². The highest BCUT2D eigenvalue weighted by Crippen LogP contribution is 2.22. The van der Waals surface area contributed by atoms with Gasteiger partial charge in [-0.15, -0.1) is 0 Å². The van der Waals surface area contributed by atoms with Crippen molar-refractivity contribution >= 4 is 17.7 Å². The molecule has 88 valence electrons. The summed E-state index contributed by atoms with van der Waals surface area (Å²) in [4.78, 5) is 10.9. The van der Waals surface area contributed by atoms with E-state index in [0.717, 1.165) is 25.4 Å². The summed E-state index contributed by atoms with van der Waals surface area (Å²) in [7, 11) is 0. The molecule has 0 saturated carbocycles. The number of carboxylic acid groups (broad SMARTS) is 1. The van der Waals surface area contributed by atoms with Crippen molar-refractivity contribution in [3.05, 3.63) is 0 Å². The fourth-order valence-corrected chi connectivity index (χ4v) is 2.41. The number of carboxylic acids is 1. The zero-order valence-corrected chi connectivity index (χ0v) is 9.89. The van der Waals surface area contributed by atoms with Crippen LogP contribution in [0.5, 0.6) is 0 Å². The molecule has 1 saturated heterocycles. The highest BCUT2D eigenvalue weighted by Gasteiger charge is 2.31. The molecule has 3 N–H and O–H groups in total. The molecule has 0 radical (unpaired) electrons. The lowest BCUT2D eigenvalue weighted by Crippen LogP contribution is -2.47. The quantitative estimate of drug-likeness (QED) is 0.644. The lowest BCUT2D eigenvalue weighted by Gasteiger charge is -2.26. The van der Waals surface area contributed by atoms with E-state index in [0.29, 0.717) is 18.1 Å². The van der Waals surface area contributed by atoms with Crippen LogP contribution in [0.1, 0.15) is 26.2 Å². The van der Waals surface area contributed by atoms with Gasteiger partial charge in [0, 0.05) is 0 Å². The van der Waals surface area contributed by atoms with Crippen molar-refractivity contribution in [3.63, 3.8) is 0 Å². The Morgan fingerprint density at radius 2 is 2.33 bits per heavy atom.